The van der Waals surface area contributed by atoms with Crippen molar-refractivity contribution < 1.29 is 27.9 Å². The Labute approximate surface area is 329 Å². The Hall–Kier alpha value is -5.86. The number of ether oxygens (including phenoxy) is 1. The molecule has 0 saturated carbocycles. The number of H-pyrrole nitrogens is 1. The van der Waals surface area contributed by atoms with Crippen LogP contribution >= 0.6 is 0 Å². The molecule has 3 fully saturated rings. The molecule has 0 bridgehead atoms. The smallest absolute Gasteiger partial charge is 0.328 e. The van der Waals surface area contributed by atoms with Crippen molar-refractivity contribution in [3.8, 4) is 0 Å². The summed E-state index contributed by atoms with van der Waals surface area (Å²) in [7, 11) is 2.12. The first-order valence-electron chi connectivity index (χ1n) is 19.5. The van der Waals surface area contributed by atoms with Crippen molar-refractivity contribution in [1.82, 2.24) is 20.4 Å². The largest absolute Gasteiger partial charge is 0.381 e. The molecule has 4 aromatic carbocycles. The molecule has 0 aliphatic carbocycles. The van der Waals surface area contributed by atoms with Crippen molar-refractivity contribution in [2.45, 2.75) is 57.2 Å². The second kappa shape index (κ2) is 16.7. The average Bonchev–Trinajstić information content (AvgIpc) is 3.59. The van der Waals surface area contributed by atoms with Gasteiger partial charge in [-0.05, 0) is 104 Å². The number of nitrogens with zero attached hydrogens (tertiary/aromatic N) is 4. The van der Waals surface area contributed by atoms with Crippen LogP contribution in [-0.2, 0) is 22.5 Å². The zero-order valence-corrected chi connectivity index (χ0v) is 31.8. The summed E-state index contributed by atoms with van der Waals surface area (Å²) in [5.74, 6) is -1.45. The Morgan fingerprint density at radius 3 is 2.46 bits per heavy atom. The molecule has 0 spiro atoms. The van der Waals surface area contributed by atoms with Gasteiger partial charge in [-0.25, -0.2) is 13.6 Å². The number of amides is 4. The van der Waals surface area contributed by atoms with Crippen molar-refractivity contribution in [3.63, 3.8) is 0 Å². The van der Waals surface area contributed by atoms with Crippen LogP contribution in [0.15, 0.2) is 78.9 Å². The summed E-state index contributed by atoms with van der Waals surface area (Å²) in [5, 5.41) is 17.2. The maximum atomic E-state index is 14.0. The minimum Gasteiger partial charge on any atom is -0.381 e. The van der Waals surface area contributed by atoms with Crippen molar-refractivity contribution in [2.75, 3.05) is 60.3 Å². The number of carbonyl (C=O) groups excluding carboxylic acids is 3. The molecule has 5 aromatic rings. The number of anilines is 4. The van der Waals surface area contributed by atoms with Crippen molar-refractivity contribution in [3.05, 3.63) is 113 Å². The van der Waals surface area contributed by atoms with Gasteiger partial charge in [0.2, 0.25) is 5.91 Å². The van der Waals surface area contributed by atoms with E-state index in [1.54, 1.807) is 4.90 Å². The van der Waals surface area contributed by atoms with Crippen molar-refractivity contribution >= 4 is 51.6 Å². The van der Waals surface area contributed by atoms with Crippen LogP contribution in [0.5, 0.6) is 0 Å². The summed E-state index contributed by atoms with van der Waals surface area (Å²) in [5.41, 5.74) is 6.17. The highest BCUT2D eigenvalue weighted by molar-refractivity contribution is 6.11. The van der Waals surface area contributed by atoms with E-state index in [1.807, 2.05) is 54.6 Å². The number of para-hydroxylation sites is 1. The number of rotatable bonds is 11. The number of aromatic amines is 1. The van der Waals surface area contributed by atoms with Gasteiger partial charge in [-0.15, -0.1) is 0 Å². The summed E-state index contributed by atoms with van der Waals surface area (Å²) in [4.78, 5) is 44.7. The molecular weight excluding hydrogens is 731 g/mol. The van der Waals surface area contributed by atoms with Gasteiger partial charge in [0.15, 0.2) is 5.82 Å². The fourth-order valence-corrected chi connectivity index (χ4v) is 8.16. The number of aromatic nitrogens is 2. The van der Waals surface area contributed by atoms with Crippen LogP contribution in [0.2, 0.25) is 0 Å². The zero-order valence-electron chi connectivity index (χ0n) is 31.8. The monoisotopic (exact) mass is 776 g/mol. The Morgan fingerprint density at radius 2 is 1.68 bits per heavy atom. The molecule has 8 rings (SSSR count). The van der Waals surface area contributed by atoms with Crippen LogP contribution < -0.4 is 25.8 Å². The van der Waals surface area contributed by atoms with Gasteiger partial charge in [-0.3, -0.25) is 29.8 Å². The molecule has 296 valence electrons. The van der Waals surface area contributed by atoms with Crippen LogP contribution in [-0.4, -0.2) is 84.9 Å². The first-order chi connectivity index (χ1) is 27.7. The fraction of sp³-hybridized carbons (Fsp3) is 0.349. The van der Waals surface area contributed by atoms with Gasteiger partial charge in [0.25, 0.3) is 5.91 Å². The number of nitrogens with one attached hydrogen (secondary N) is 4. The standard InChI is InChI=1S/C43H46F2N8O4/c1-51(26-29-4-2-3-5-39(29)53-17-12-40(54)47-43(53)56)33-10-15-52(16-11-33)34-7-8-35(38(25-34)46-32-13-18-57-19-14-32)42(55)48-41-36-23-27(6-9-37(36)49-50-41)20-28-21-30(44)24-31(45)22-28/h2-9,21-25,32-33,46H,10-20,26H2,1H3,(H,47,54,56)(H2,48,49,50,55). The first kappa shape index (κ1) is 38.0. The van der Waals surface area contributed by atoms with Crippen LogP contribution in [0.3, 0.4) is 0 Å². The Balaban J connectivity index is 0.958. The molecule has 3 aliphatic rings. The van der Waals surface area contributed by atoms with E-state index in [4.69, 9.17) is 4.74 Å². The van der Waals surface area contributed by atoms with E-state index in [0.29, 0.717) is 61.1 Å². The molecule has 4 N–H and O–H groups in total. The van der Waals surface area contributed by atoms with Crippen LogP contribution in [0, 0.1) is 11.6 Å². The summed E-state index contributed by atoms with van der Waals surface area (Å²) in [6.07, 6.45) is 4.12. The lowest BCUT2D eigenvalue weighted by Gasteiger charge is -2.38. The van der Waals surface area contributed by atoms with Gasteiger partial charge in [0, 0.05) is 86.4 Å². The molecule has 4 amide bonds. The summed E-state index contributed by atoms with van der Waals surface area (Å²) >= 11 is 0. The molecule has 14 heteroatoms. The quantitative estimate of drug-likeness (QED) is 0.115. The second-order valence-electron chi connectivity index (χ2n) is 15.1. The normalized spacial score (nSPS) is 17.0. The average molecular weight is 777 g/mol. The number of halogens is 2. The van der Waals surface area contributed by atoms with Crippen LogP contribution in [0.1, 0.15) is 59.2 Å². The van der Waals surface area contributed by atoms with E-state index in [0.717, 1.165) is 78.5 Å². The number of imide groups is 1. The van der Waals surface area contributed by atoms with Crippen molar-refractivity contribution in [2.24, 2.45) is 0 Å². The van der Waals surface area contributed by atoms with E-state index in [2.05, 4.69) is 49.1 Å². The molecule has 3 saturated heterocycles. The molecular formula is C43H46F2N8O4. The summed E-state index contributed by atoms with van der Waals surface area (Å²) in [6, 6.07) is 23.0. The Bertz CT molecular complexity index is 2260. The van der Waals surface area contributed by atoms with Gasteiger partial charge in [0.05, 0.1) is 11.1 Å². The number of piperidine rings is 1. The van der Waals surface area contributed by atoms with Gasteiger partial charge in [-0.1, -0.05) is 24.3 Å². The molecule has 0 radical (unpaired) electrons. The minimum absolute atomic E-state index is 0.153. The van der Waals surface area contributed by atoms with E-state index in [1.165, 1.54) is 12.1 Å². The van der Waals surface area contributed by atoms with Crippen LogP contribution in [0.4, 0.5) is 36.5 Å². The third-order valence-electron chi connectivity index (χ3n) is 11.2. The topological polar surface area (TPSA) is 135 Å². The lowest BCUT2D eigenvalue weighted by atomic mass is 10.0. The maximum absolute atomic E-state index is 14.0. The SMILES string of the molecule is CN(Cc1ccccc1N1CCC(=O)NC1=O)C1CCN(c2ccc(C(=O)Nc3n[nH]c4ccc(Cc5cc(F)cc(F)c5)cc34)c(NC3CCOCC3)c2)CC1. The van der Waals surface area contributed by atoms with Gasteiger partial charge in [-0.2, -0.15) is 5.10 Å². The van der Waals surface area contributed by atoms with Gasteiger partial charge in [0.1, 0.15) is 11.6 Å². The number of fused-ring (bicyclic) bond motifs is 1. The molecule has 0 unspecified atom stereocenters. The Morgan fingerprint density at radius 1 is 0.912 bits per heavy atom. The fourth-order valence-electron chi connectivity index (χ4n) is 8.16. The van der Waals surface area contributed by atoms with E-state index < -0.39 is 11.6 Å². The molecule has 1 aromatic heterocycles. The van der Waals surface area contributed by atoms with Gasteiger partial charge < -0.3 is 20.3 Å². The highest BCUT2D eigenvalue weighted by Crippen LogP contribution is 2.32. The summed E-state index contributed by atoms with van der Waals surface area (Å²) in [6.45, 7) is 4.00. The predicted octanol–water partition coefficient (Wildman–Crippen LogP) is 6.82. The Kier molecular flexibility index (Phi) is 11.1. The van der Waals surface area contributed by atoms with E-state index >= 15 is 0 Å². The predicted molar refractivity (Wildman–Crippen MR) is 216 cm³/mol. The lowest BCUT2D eigenvalue weighted by Crippen LogP contribution is -2.50. The lowest BCUT2D eigenvalue weighted by molar-refractivity contribution is -0.120. The zero-order chi connectivity index (χ0) is 39.5. The molecule has 57 heavy (non-hydrogen) atoms. The molecule has 12 nitrogen and oxygen atoms in total. The third-order valence-corrected chi connectivity index (χ3v) is 11.2. The maximum Gasteiger partial charge on any atom is 0.328 e. The third kappa shape index (κ3) is 8.76. The number of benzene rings is 4. The molecule has 4 heterocycles. The first-order valence-corrected chi connectivity index (χ1v) is 19.5. The highest BCUT2D eigenvalue weighted by atomic mass is 19.1. The van der Waals surface area contributed by atoms with Gasteiger partial charge >= 0.3 is 6.03 Å². The highest BCUT2D eigenvalue weighted by Gasteiger charge is 2.29. The molecule has 3 aliphatic heterocycles. The van der Waals surface area contributed by atoms with E-state index in [-0.39, 0.29) is 30.3 Å². The number of hydrogen-bond donors (Lipinski definition) is 4. The van der Waals surface area contributed by atoms with Crippen LogP contribution in [0.25, 0.3) is 10.9 Å². The van der Waals surface area contributed by atoms with E-state index in [9.17, 15) is 23.2 Å². The number of hydrogen-bond acceptors (Lipinski definition) is 8. The van der Waals surface area contributed by atoms with Crippen molar-refractivity contribution in [1.29, 1.82) is 0 Å². The number of carbonyl (C=O) groups is 3. The minimum atomic E-state index is -0.628. The number of urea groups is 1. The second-order valence-corrected chi connectivity index (χ2v) is 15.1. The summed E-state index contributed by atoms with van der Waals surface area (Å²) < 4.78 is 33.3. The molecule has 0 atom stereocenters.